The van der Waals surface area contributed by atoms with Gasteiger partial charge in [0.15, 0.2) is 0 Å². The molecule has 0 aromatic heterocycles. The lowest BCUT2D eigenvalue weighted by atomic mass is 10.3. The van der Waals surface area contributed by atoms with Gasteiger partial charge in [0.25, 0.3) is 0 Å². The second-order valence-corrected chi connectivity index (χ2v) is 5.65. The predicted octanol–water partition coefficient (Wildman–Crippen LogP) is 1.96. The number of nitriles is 1. The van der Waals surface area contributed by atoms with Gasteiger partial charge in [-0.1, -0.05) is 11.6 Å². The Bertz CT molecular complexity index is 545. The van der Waals surface area contributed by atoms with E-state index in [4.69, 9.17) is 16.9 Å². The molecule has 0 saturated heterocycles. The van der Waals surface area contributed by atoms with Crippen LogP contribution in [0.25, 0.3) is 0 Å². The number of halogens is 2. The third kappa shape index (κ3) is 4.62. The largest absolute Gasteiger partial charge is 0.344 e. The maximum Gasteiger partial charge on any atom is 0.235 e. The highest BCUT2D eigenvalue weighted by molar-refractivity contribution is 7.85. The number of rotatable bonds is 5. The number of carbonyl (C=O) groups is 1. The van der Waals surface area contributed by atoms with Crippen LogP contribution in [0.1, 0.15) is 6.42 Å². The van der Waals surface area contributed by atoms with Crippen LogP contribution >= 0.6 is 11.6 Å². The fraction of sp³-hybridized carbons (Fsp3) is 0.333. The topological polar surface area (TPSA) is 61.2 Å². The van der Waals surface area contributed by atoms with Crippen LogP contribution in [0.5, 0.6) is 0 Å². The van der Waals surface area contributed by atoms with Crippen LogP contribution in [0.15, 0.2) is 23.1 Å². The molecule has 1 amide bonds. The number of amides is 1. The molecular weight excluding hydrogens is 291 g/mol. The van der Waals surface area contributed by atoms with Gasteiger partial charge in [-0.05, 0) is 18.2 Å². The van der Waals surface area contributed by atoms with Crippen LogP contribution in [0.4, 0.5) is 4.39 Å². The molecule has 19 heavy (non-hydrogen) atoms. The third-order valence-electron chi connectivity index (χ3n) is 2.39. The minimum atomic E-state index is -1.58. The van der Waals surface area contributed by atoms with Crippen molar-refractivity contribution in [3.8, 4) is 6.07 Å². The molecule has 1 rings (SSSR count). The molecule has 0 radical (unpaired) electrons. The van der Waals surface area contributed by atoms with E-state index in [1.807, 2.05) is 6.07 Å². The number of hydrogen-bond donors (Lipinski definition) is 0. The third-order valence-corrected chi connectivity index (χ3v) is 3.97. The summed E-state index contributed by atoms with van der Waals surface area (Å²) in [7, 11) is -0.0472. The Balaban J connectivity index is 2.66. The van der Waals surface area contributed by atoms with Crippen molar-refractivity contribution in [1.82, 2.24) is 4.90 Å². The van der Waals surface area contributed by atoms with Gasteiger partial charge in [0.2, 0.25) is 5.91 Å². The van der Waals surface area contributed by atoms with E-state index in [2.05, 4.69) is 0 Å². The first-order valence-corrected chi connectivity index (χ1v) is 7.09. The number of nitrogens with zero attached hydrogens (tertiary/aromatic N) is 2. The van der Waals surface area contributed by atoms with Crippen molar-refractivity contribution in [3.63, 3.8) is 0 Å². The fourth-order valence-corrected chi connectivity index (χ4v) is 2.59. The summed E-state index contributed by atoms with van der Waals surface area (Å²) >= 11 is 5.58. The Morgan fingerprint density at radius 2 is 2.26 bits per heavy atom. The summed E-state index contributed by atoms with van der Waals surface area (Å²) in [5.74, 6) is -1.15. The monoisotopic (exact) mass is 302 g/mol. The molecule has 7 heteroatoms. The molecule has 4 nitrogen and oxygen atoms in total. The standard InChI is InChI=1S/C12H12ClFN2O2S/c1-16(6-2-5-15)12(17)8-19(18)9-3-4-11(14)10(13)7-9/h3-4,7H,2,6,8H2,1H3. The van der Waals surface area contributed by atoms with E-state index in [0.717, 1.165) is 6.07 Å². The Kier molecular flexibility index (Phi) is 5.93. The summed E-state index contributed by atoms with van der Waals surface area (Å²) in [6, 6.07) is 5.61. The van der Waals surface area contributed by atoms with E-state index in [9.17, 15) is 13.4 Å². The van der Waals surface area contributed by atoms with Gasteiger partial charge in [0, 0.05) is 18.5 Å². The molecule has 0 heterocycles. The van der Waals surface area contributed by atoms with Gasteiger partial charge >= 0.3 is 0 Å². The van der Waals surface area contributed by atoms with Gasteiger partial charge in [0.1, 0.15) is 11.6 Å². The van der Waals surface area contributed by atoms with E-state index in [-0.39, 0.29) is 29.6 Å². The van der Waals surface area contributed by atoms with Crippen molar-refractivity contribution in [2.45, 2.75) is 11.3 Å². The lowest BCUT2D eigenvalue weighted by Crippen LogP contribution is -2.31. The summed E-state index contributed by atoms with van der Waals surface area (Å²) in [6.07, 6.45) is 0.219. The average molecular weight is 303 g/mol. The first-order chi connectivity index (χ1) is 8.95. The second kappa shape index (κ2) is 7.22. The van der Waals surface area contributed by atoms with E-state index < -0.39 is 16.6 Å². The van der Waals surface area contributed by atoms with E-state index >= 15 is 0 Å². The molecule has 0 saturated carbocycles. The first-order valence-electron chi connectivity index (χ1n) is 5.40. The molecule has 1 atom stereocenters. The van der Waals surface area contributed by atoms with Gasteiger partial charge in [0.05, 0.1) is 28.3 Å². The van der Waals surface area contributed by atoms with Crippen molar-refractivity contribution < 1.29 is 13.4 Å². The SMILES string of the molecule is CN(CCC#N)C(=O)CS(=O)c1ccc(F)c(Cl)c1. The quantitative estimate of drug-likeness (QED) is 0.835. The highest BCUT2D eigenvalue weighted by Crippen LogP contribution is 2.18. The van der Waals surface area contributed by atoms with E-state index in [1.54, 1.807) is 0 Å². The second-order valence-electron chi connectivity index (χ2n) is 3.79. The summed E-state index contributed by atoms with van der Waals surface area (Å²) < 4.78 is 24.9. The van der Waals surface area contributed by atoms with Crippen molar-refractivity contribution in [2.75, 3.05) is 19.3 Å². The molecule has 0 aliphatic heterocycles. The highest BCUT2D eigenvalue weighted by atomic mass is 35.5. The molecule has 0 N–H and O–H groups in total. The molecule has 0 aliphatic rings. The van der Waals surface area contributed by atoms with Crippen molar-refractivity contribution in [3.05, 3.63) is 29.0 Å². The molecule has 0 spiro atoms. The van der Waals surface area contributed by atoms with Gasteiger partial charge in [-0.15, -0.1) is 0 Å². The zero-order chi connectivity index (χ0) is 14.4. The first kappa shape index (κ1) is 15.6. The van der Waals surface area contributed by atoms with E-state index in [1.165, 1.54) is 24.1 Å². The molecule has 1 aromatic carbocycles. The Morgan fingerprint density at radius 3 is 2.84 bits per heavy atom. The maximum atomic E-state index is 13.0. The summed E-state index contributed by atoms with van der Waals surface area (Å²) in [5.41, 5.74) is 0. The molecule has 1 aromatic rings. The normalized spacial score (nSPS) is 11.7. The number of carbonyl (C=O) groups excluding carboxylic acids is 1. The van der Waals surface area contributed by atoms with Crippen molar-refractivity contribution in [2.24, 2.45) is 0 Å². The van der Waals surface area contributed by atoms with Crippen molar-refractivity contribution >= 4 is 28.3 Å². The minimum absolute atomic E-state index is 0.129. The Morgan fingerprint density at radius 1 is 1.58 bits per heavy atom. The van der Waals surface area contributed by atoms with Crippen LogP contribution in [0, 0.1) is 17.1 Å². The average Bonchev–Trinajstić information content (AvgIpc) is 2.38. The number of benzene rings is 1. The van der Waals surface area contributed by atoms with Gasteiger partial charge in [-0.25, -0.2) is 4.39 Å². The molecule has 1 unspecified atom stereocenters. The molecular formula is C12H12ClFN2O2S. The Hall–Kier alpha value is -1.45. The lowest BCUT2D eigenvalue weighted by Gasteiger charge is -2.15. The minimum Gasteiger partial charge on any atom is -0.344 e. The van der Waals surface area contributed by atoms with Crippen LogP contribution in [-0.4, -0.2) is 34.4 Å². The highest BCUT2D eigenvalue weighted by Gasteiger charge is 2.15. The molecule has 102 valence electrons. The summed E-state index contributed by atoms with van der Waals surface area (Å²) in [5, 5.41) is 8.29. The van der Waals surface area contributed by atoms with E-state index in [0.29, 0.717) is 4.90 Å². The van der Waals surface area contributed by atoms with Crippen LogP contribution in [-0.2, 0) is 15.6 Å². The van der Waals surface area contributed by atoms with Gasteiger partial charge in [-0.3, -0.25) is 9.00 Å². The predicted molar refractivity (Wildman–Crippen MR) is 70.6 cm³/mol. The van der Waals surface area contributed by atoms with Gasteiger partial charge < -0.3 is 4.90 Å². The van der Waals surface area contributed by atoms with Crippen LogP contribution < -0.4 is 0 Å². The maximum absolute atomic E-state index is 13.0. The Labute approximate surface area is 118 Å². The molecule has 0 bridgehead atoms. The smallest absolute Gasteiger partial charge is 0.235 e. The zero-order valence-corrected chi connectivity index (χ0v) is 11.8. The lowest BCUT2D eigenvalue weighted by molar-refractivity contribution is -0.127. The van der Waals surface area contributed by atoms with Crippen LogP contribution in [0.3, 0.4) is 0 Å². The zero-order valence-electron chi connectivity index (χ0n) is 10.2. The number of hydrogen-bond acceptors (Lipinski definition) is 3. The summed E-state index contributed by atoms with van der Waals surface area (Å²) in [4.78, 5) is 13.3. The molecule has 0 aliphatic carbocycles. The fourth-order valence-electron chi connectivity index (χ4n) is 1.27. The van der Waals surface area contributed by atoms with Gasteiger partial charge in [-0.2, -0.15) is 5.26 Å². The summed E-state index contributed by atoms with van der Waals surface area (Å²) in [6.45, 7) is 0.288. The molecule has 0 fully saturated rings. The van der Waals surface area contributed by atoms with Crippen molar-refractivity contribution in [1.29, 1.82) is 5.26 Å². The van der Waals surface area contributed by atoms with Crippen LogP contribution in [0.2, 0.25) is 5.02 Å².